The van der Waals surface area contributed by atoms with E-state index in [1.54, 1.807) is 0 Å². The summed E-state index contributed by atoms with van der Waals surface area (Å²) < 4.78 is 0. The van der Waals surface area contributed by atoms with Gasteiger partial charge in [0.25, 0.3) is 0 Å². The smallest absolute Gasteiger partial charge is 0.220 e. The lowest BCUT2D eigenvalue weighted by Gasteiger charge is -2.07. The zero-order chi connectivity index (χ0) is 10.8. The van der Waals surface area contributed by atoms with Gasteiger partial charge in [-0.25, -0.2) is 0 Å². The molecule has 0 aliphatic carbocycles. The van der Waals surface area contributed by atoms with E-state index < -0.39 is 0 Å². The highest BCUT2D eigenvalue weighted by molar-refractivity contribution is 5.85. The largest absolute Gasteiger partial charge is 0.356 e. The topological polar surface area (TPSA) is 29.1 Å². The van der Waals surface area contributed by atoms with Gasteiger partial charge in [-0.15, -0.1) is 12.4 Å². The molecule has 0 bridgehead atoms. The number of rotatable bonds is 8. The van der Waals surface area contributed by atoms with Crippen molar-refractivity contribution in [3.63, 3.8) is 0 Å². The van der Waals surface area contributed by atoms with Gasteiger partial charge in [0.1, 0.15) is 0 Å². The van der Waals surface area contributed by atoms with E-state index in [-0.39, 0.29) is 18.3 Å². The standard InChI is InChI=1S/C12H25NO.ClH/c1-4-5-6-7-8-9-12(14)13-10-11(2)3;/h11H,4-10H2,1-3H3,(H,13,14);1H. The van der Waals surface area contributed by atoms with Crippen LogP contribution in [0.15, 0.2) is 0 Å². The first-order valence-electron chi connectivity index (χ1n) is 5.93. The first-order valence-corrected chi connectivity index (χ1v) is 5.93. The predicted molar refractivity (Wildman–Crippen MR) is 68.5 cm³/mol. The summed E-state index contributed by atoms with van der Waals surface area (Å²) in [7, 11) is 0. The molecule has 0 aromatic carbocycles. The van der Waals surface area contributed by atoms with Gasteiger partial charge in [-0.3, -0.25) is 4.79 Å². The number of unbranched alkanes of at least 4 members (excludes halogenated alkanes) is 4. The van der Waals surface area contributed by atoms with Crippen molar-refractivity contribution in [2.24, 2.45) is 5.92 Å². The van der Waals surface area contributed by atoms with Crippen molar-refractivity contribution >= 4 is 18.3 Å². The Balaban J connectivity index is 0. The van der Waals surface area contributed by atoms with Crippen LogP contribution in [0.25, 0.3) is 0 Å². The lowest BCUT2D eigenvalue weighted by molar-refractivity contribution is -0.121. The summed E-state index contributed by atoms with van der Waals surface area (Å²) in [4.78, 5) is 11.3. The summed E-state index contributed by atoms with van der Waals surface area (Å²) in [5.41, 5.74) is 0. The zero-order valence-corrected chi connectivity index (χ0v) is 11.2. The van der Waals surface area contributed by atoms with E-state index in [0.29, 0.717) is 12.3 Å². The second kappa shape index (κ2) is 11.8. The zero-order valence-electron chi connectivity index (χ0n) is 10.3. The van der Waals surface area contributed by atoms with Crippen molar-refractivity contribution < 1.29 is 4.79 Å². The molecule has 0 saturated heterocycles. The van der Waals surface area contributed by atoms with E-state index in [4.69, 9.17) is 0 Å². The van der Waals surface area contributed by atoms with Gasteiger partial charge in [0.15, 0.2) is 0 Å². The Hall–Kier alpha value is -0.240. The summed E-state index contributed by atoms with van der Waals surface area (Å²) in [6, 6.07) is 0. The second-order valence-corrected chi connectivity index (χ2v) is 4.36. The van der Waals surface area contributed by atoms with Crippen LogP contribution in [0.1, 0.15) is 59.3 Å². The number of carbonyl (C=O) groups is 1. The second-order valence-electron chi connectivity index (χ2n) is 4.36. The van der Waals surface area contributed by atoms with Crippen LogP contribution in [0.3, 0.4) is 0 Å². The summed E-state index contributed by atoms with van der Waals surface area (Å²) in [6.45, 7) is 7.24. The fourth-order valence-corrected chi connectivity index (χ4v) is 1.30. The van der Waals surface area contributed by atoms with Gasteiger partial charge in [-0.1, -0.05) is 46.5 Å². The number of hydrogen-bond acceptors (Lipinski definition) is 1. The minimum absolute atomic E-state index is 0. The van der Waals surface area contributed by atoms with Crippen molar-refractivity contribution in [1.29, 1.82) is 0 Å². The summed E-state index contributed by atoms with van der Waals surface area (Å²) >= 11 is 0. The van der Waals surface area contributed by atoms with Gasteiger partial charge in [0, 0.05) is 13.0 Å². The summed E-state index contributed by atoms with van der Waals surface area (Å²) in [5, 5.41) is 2.93. The molecule has 0 aromatic rings. The van der Waals surface area contributed by atoms with E-state index >= 15 is 0 Å². The van der Waals surface area contributed by atoms with E-state index in [0.717, 1.165) is 13.0 Å². The molecular weight excluding hydrogens is 210 g/mol. The molecule has 92 valence electrons. The van der Waals surface area contributed by atoms with E-state index in [2.05, 4.69) is 26.1 Å². The molecule has 0 saturated carbocycles. The fraction of sp³-hybridized carbons (Fsp3) is 0.917. The monoisotopic (exact) mass is 235 g/mol. The van der Waals surface area contributed by atoms with Crippen molar-refractivity contribution in [1.82, 2.24) is 5.32 Å². The molecule has 1 N–H and O–H groups in total. The van der Waals surface area contributed by atoms with Crippen LogP contribution in [-0.4, -0.2) is 12.5 Å². The first-order chi connectivity index (χ1) is 6.66. The number of carbonyl (C=O) groups excluding carboxylic acids is 1. The average molecular weight is 236 g/mol. The highest BCUT2D eigenvalue weighted by Crippen LogP contribution is 2.04. The first kappa shape index (κ1) is 17.2. The lowest BCUT2D eigenvalue weighted by Crippen LogP contribution is -2.26. The Kier molecular flexibility index (Phi) is 13.5. The quantitative estimate of drug-likeness (QED) is 0.641. The molecule has 0 aromatic heterocycles. The molecule has 15 heavy (non-hydrogen) atoms. The molecule has 0 aliphatic heterocycles. The third kappa shape index (κ3) is 13.8. The third-order valence-electron chi connectivity index (χ3n) is 2.21. The molecule has 0 unspecified atom stereocenters. The molecular formula is C12H26ClNO. The Bertz CT molecular complexity index is 149. The van der Waals surface area contributed by atoms with Crippen molar-refractivity contribution in [2.45, 2.75) is 59.3 Å². The Morgan fingerprint density at radius 2 is 1.73 bits per heavy atom. The van der Waals surface area contributed by atoms with Crippen molar-refractivity contribution in [2.75, 3.05) is 6.54 Å². The molecule has 0 heterocycles. The Morgan fingerprint density at radius 3 is 2.27 bits per heavy atom. The predicted octanol–water partition coefficient (Wildman–Crippen LogP) is 3.54. The molecule has 0 rings (SSSR count). The SMILES string of the molecule is CCCCCCCC(=O)NCC(C)C.Cl. The average Bonchev–Trinajstić information content (AvgIpc) is 2.14. The van der Waals surface area contributed by atoms with Gasteiger partial charge in [-0.2, -0.15) is 0 Å². The van der Waals surface area contributed by atoms with E-state index in [1.165, 1.54) is 25.7 Å². The van der Waals surface area contributed by atoms with Crippen LogP contribution in [-0.2, 0) is 4.79 Å². The minimum atomic E-state index is 0. The molecule has 0 fully saturated rings. The number of nitrogens with one attached hydrogen (secondary N) is 1. The minimum Gasteiger partial charge on any atom is -0.356 e. The number of amides is 1. The van der Waals surface area contributed by atoms with Gasteiger partial charge in [0.05, 0.1) is 0 Å². The molecule has 0 aliphatic rings. The Morgan fingerprint density at radius 1 is 1.13 bits per heavy atom. The maximum absolute atomic E-state index is 11.3. The third-order valence-corrected chi connectivity index (χ3v) is 2.21. The molecule has 3 heteroatoms. The molecule has 0 radical (unpaired) electrons. The maximum atomic E-state index is 11.3. The van der Waals surface area contributed by atoms with Crippen LogP contribution in [0.5, 0.6) is 0 Å². The summed E-state index contributed by atoms with van der Waals surface area (Å²) in [6.07, 6.45) is 6.78. The van der Waals surface area contributed by atoms with Crippen LogP contribution in [0, 0.1) is 5.92 Å². The summed E-state index contributed by atoms with van der Waals surface area (Å²) in [5.74, 6) is 0.772. The van der Waals surface area contributed by atoms with Crippen molar-refractivity contribution in [3.05, 3.63) is 0 Å². The van der Waals surface area contributed by atoms with E-state index in [9.17, 15) is 4.79 Å². The normalized spacial score (nSPS) is 9.87. The molecule has 1 amide bonds. The van der Waals surface area contributed by atoms with Crippen LogP contribution >= 0.6 is 12.4 Å². The van der Waals surface area contributed by atoms with Crippen LogP contribution < -0.4 is 5.32 Å². The Labute approximate surface area is 101 Å². The van der Waals surface area contributed by atoms with Crippen molar-refractivity contribution in [3.8, 4) is 0 Å². The molecule has 2 nitrogen and oxygen atoms in total. The molecule has 0 spiro atoms. The number of halogens is 1. The highest BCUT2D eigenvalue weighted by atomic mass is 35.5. The van der Waals surface area contributed by atoms with Crippen LogP contribution in [0.4, 0.5) is 0 Å². The highest BCUT2D eigenvalue weighted by Gasteiger charge is 2.01. The lowest BCUT2D eigenvalue weighted by atomic mass is 10.1. The number of hydrogen-bond donors (Lipinski definition) is 1. The van der Waals surface area contributed by atoms with Gasteiger partial charge in [0.2, 0.25) is 5.91 Å². The fourth-order valence-electron chi connectivity index (χ4n) is 1.30. The van der Waals surface area contributed by atoms with E-state index in [1.807, 2.05) is 0 Å². The molecule has 0 atom stereocenters. The van der Waals surface area contributed by atoms with Gasteiger partial charge in [-0.05, 0) is 12.3 Å². The maximum Gasteiger partial charge on any atom is 0.220 e. The van der Waals surface area contributed by atoms with Crippen LogP contribution in [0.2, 0.25) is 0 Å². The van der Waals surface area contributed by atoms with Gasteiger partial charge >= 0.3 is 0 Å². The van der Waals surface area contributed by atoms with Gasteiger partial charge < -0.3 is 5.32 Å².